The Hall–Kier alpha value is -9.18. The summed E-state index contributed by atoms with van der Waals surface area (Å²) in [6, 6.07) is 86.7. The first-order valence-corrected chi connectivity index (χ1v) is 44.3. The Labute approximate surface area is 749 Å². The Morgan fingerprint density at radius 1 is 0.352 bits per heavy atom. The average Bonchev–Trinajstić information content (AvgIpc) is 0.747. The predicted molar refractivity (Wildman–Crippen MR) is 470 cm³/mol. The number of nitrogens with one attached hydrogen (secondary N) is 1. The molecule has 6 saturated heterocycles. The molecule has 0 spiro atoms. The molecule has 25 nitrogen and oxygen atoms in total. The zero-order valence-electron chi connectivity index (χ0n) is 73.5. The molecule has 25 atom stereocenters. The summed E-state index contributed by atoms with van der Waals surface area (Å²) in [5, 5.41) is 3.22. The molecular formula is C103H119NO24. The van der Waals surface area contributed by atoms with Crippen molar-refractivity contribution in [2.45, 2.75) is 267 Å². The van der Waals surface area contributed by atoms with Gasteiger partial charge in [-0.15, -0.1) is 6.58 Å². The Balaban J connectivity index is 0.890. The first-order valence-electron chi connectivity index (χ1n) is 44.3. The largest absolute Gasteiger partial charge is 0.454 e. The minimum atomic E-state index is -1.65. The van der Waals surface area contributed by atoms with Gasteiger partial charge in [-0.2, -0.15) is 0 Å². The number of benzene rings is 9. The molecule has 128 heavy (non-hydrogen) atoms. The van der Waals surface area contributed by atoms with Crippen molar-refractivity contribution in [2.75, 3.05) is 19.8 Å². The number of amides is 1. The van der Waals surface area contributed by atoms with Crippen LogP contribution in [-0.4, -0.2) is 191 Å². The maximum atomic E-state index is 14.8. The summed E-state index contributed by atoms with van der Waals surface area (Å²) in [7, 11) is 0. The van der Waals surface area contributed by atoms with E-state index in [2.05, 4.69) is 11.9 Å². The third kappa shape index (κ3) is 25.5. The molecule has 6 aliphatic heterocycles. The topological polar surface area (TPSA) is 249 Å². The molecule has 6 fully saturated rings. The number of rotatable bonds is 41. The molecule has 1 N–H and O–H groups in total. The quantitative estimate of drug-likeness (QED) is 0.0276. The van der Waals surface area contributed by atoms with Crippen LogP contribution in [0.2, 0.25) is 0 Å². The van der Waals surface area contributed by atoms with Crippen LogP contribution in [0.4, 0.5) is 0 Å². The van der Waals surface area contributed by atoms with Gasteiger partial charge in [-0.25, -0.2) is 0 Å². The second-order valence-corrected chi connectivity index (χ2v) is 33.4. The van der Waals surface area contributed by atoms with Crippen molar-refractivity contribution in [3.63, 3.8) is 0 Å². The molecular weight excluding hydrogens is 1640 g/mol. The van der Waals surface area contributed by atoms with Gasteiger partial charge in [0.25, 0.3) is 0 Å². The lowest BCUT2D eigenvalue weighted by Gasteiger charge is -2.55. The van der Waals surface area contributed by atoms with Crippen LogP contribution in [0.15, 0.2) is 286 Å². The second kappa shape index (κ2) is 46.6. The first-order chi connectivity index (χ1) is 62.5. The Kier molecular flexibility index (Phi) is 34.0. The van der Waals surface area contributed by atoms with Gasteiger partial charge in [0.2, 0.25) is 5.91 Å². The van der Waals surface area contributed by atoms with Gasteiger partial charge in [0, 0.05) is 13.8 Å². The Morgan fingerprint density at radius 2 is 0.664 bits per heavy atom. The van der Waals surface area contributed by atoms with Gasteiger partial charge in [0.15, 0.2) is 43.3 Å². The standard InChI is InChI=1S/C103H119NO24/c1-9-55-108-99-95(90(113-61-77-47-29-15-30-48-77)84(67(2)118-99)109-57-73-39-21-11-22-40-73)127-102-97(126-98-83(104-70(5)105)89(88-82(122-98)66-117-103(7,8)128-88)124-101-96(121-71(6)106)91(114-62-78-49-31-16-32-50-78)85(68(3)119-101)110-58-74-41-23-12-24-42-74)93(86(69(4)120-102)111-59-75-43-25-13-26-44-75)125-100-94(116-64-80-53-35-18-36-54-80)92(115-63-79-51-33-17-34-52-79)87(112-60-76-45-27-14-28-46-76)81(123-100)65-107-56-72-37-19-10-20-38-72/h9-54,67-69,81-102H,1,55-66H2,2-8H3,(H,104,105)/t67-,68-,69-,81+,82+,83+,84-,85-,86-,87+,88+,89+,90+,91+,92-,93+,94+,95+,96+,97+,98-,99+,100+,101-,102-/m0/s1. The lowest BCUT2D eigenvalue weighted by atomic mass is 9.93. The third-order valence-corrected chi connectivity index (χ3v) is 23.3. The lowest BCUT2D eigenvalue weighted by Crippen LogP contribution is -2.72. The van der Waals surface area contributed by atoms with Crippen LogP contribution in [0.3, 0.4) is 0 Å². The molecule has 0 radical (unpaired) electrons. The molecule has 6 heterocycles. The van der Waals surface area contributed by atoms with Gasteiger partial charge >= 0.3 is 5.97 Å². The van der Waals surface area contributed by atoms with Crippen molar-refractivity contribution in [3.8, 4) is 0 Å². The molecule has 0 unspecified atom stereocenters. The van der Waals surface area contributed by atoms with Crippen molar-refractivity contribution < 1.29 is 114 Å². The van der Waals surface area contributed by atoms with E-state index in [1.165, 1.54) is 13.8 Å². The van der Waals surface area contributed by atoms with E-state index in [4.69, 9.17) is 104 Å². The lowest BCUT2D eigenvalue weighted by molar-refractivity contribution is -0.423. The van der Waals surface area contributed by atoms with Gasteiger partial charge in [-0.3, -0.25) is 9.59 Å². The molecule has 1 amide bonds. The van der Waals surface area contributed by atoms with Gasteiger partial charge in [0.1, 0.15) is 97.6 Å². The molecule has 15 rings (SSSR count). The minimum absolute atomic E-state index is 0.00658. The highest BCUT2D eigenvalue weighted by Gasteiger charge is 2.62. The zero-order chi connectivity index (χ0) is 88.6. The van der Waals surface area contributed by atoms with Gasteiger partial charge in [-0.05, 0) is 84.7 Å². The fraction of sp³-hybridized carbons (Fsp3) is 0.437. The molecule has 6 aliphatic rings. The number of fused-ring (bicyclic) bond motifs is 1. The summed E-state index contributed by atoms with van der Waals surface area (Å²) in [6.07, 6.45) is -26.4. The van der Waals surface area contributed by atoms with E-state index >= 15 is 0 Å². The maximum absolute atomic E-state index is 14.8. The average molecular weight is 1760 g/mol. The van der Waals surface area contributed by atoms with Crippen LogP contribution >= 0.6 is 0 Å². The summed E-state index contributed by atoms with van der Waals surface area (Å²) in [6.45, 7) is 16.7. The Bertz CT molecular complexity index is 4760. The molecule has 0 aromatic heterocycles. The van der Waals surface area contributed by atoms with Crippen LogP contribution in [0, 0.1) is 0 Å². The fourth-order valence-electron chi connectivity index (χ4n) is 17.1. The number of ether oxygens (including phenoxy) is 22. The highest BCUT2D eigenvalue weighted by atomic mass is 16.8. The maximum Gasteiger partial charge on any atom is 0.303 e. The van der Waals surface area contributed by atoms with Crippen LogP contribution < -0.4 is 5.32 Å². The fourth-order valence-corrected chi connectivity index (χ4v) is 17.1. The zero-order valence-corrected chi connectivity index (χ0v) is 73.5. The summed E-state index contributed by atoms with van der Waals surface area (Å²) < 4.78 is 159. The number of carbonyl (C=O) groups is 2. The molecule has 25 heteroatoms. The molecule has 0 saturated carbocycles. The smallest absolute Gasteiger partial charge is 0.303 e. The number of carbonyl (C=O) groups excluding carboxylic acids is 2. The van der Waals surface area contributed by atoms with E-state index in [1.807, 2.05) is 294 Å². The van der Waals surface area contributed by atoms with Gasteiger partial charge < -0.3 is 110 Å². The normalized spacial score (nSPS) is 30.4. The minimum Gasteiger partial charge on any atom is -0.454 e. The number of hydrogen-bond acceptors (Lipinski definition) is 24. The highest BCUT2D eigenvalue weighted by Crippen LogP contribution is 2.44. The van der Waals surface area contributed by atoms with Crippen molar-refractivity contribution in [1.29, 1.82) is 0 Å². The van der Waals surface area contributed by atoms with Crippen molar-refractivity contribution in [2.24, 2.45) is 0 Å². The van der Waals surface area contributed by atoms with E-state index in [-0.39, 0.29) is 79.3 Å². The third-order valence-electron chi connectivity index (χ3n) is 23.3. The number of esters is 1. The van der Waals surface area contributed by atoms with Crippen LogP contribution in [0.25, 0.3) is 0 Å². The predicted octanol–water partition coefficient (Wildman–Crippen LogP) is 14.9. The van der Waals surface area contributed by atoms with Crippen LogP contribution in [-0.2, 0) is 173 Å². The molecule has 9 aromatic carbocycles. The van der Waals surface area contributed by atoms with E-state index in [0.29, 0.717) is 0 Å². The molecule has 0 aliphatic carbocycles. The van der Waals surface area contributed by atoms with Gasteiger partial charge in [-0.1, -0.05) is 279 Å². The summed E-state index contributed by atoms with van der Waals surface area (Å²) in [5.74, 6) is -2.49. The monoisotopic (exact) mass is 1750 g/mol. The van der Waals surface area contributed by atoms with Crippen molar-refractivity contribution in [1.82, 2.24) is 5.32 Å². The van der Waals surface area contributed by atoms with E-state index in [1.54, 1.807) is 19.9 Å². The number of hydrogen-bond donors (Lipinski definition) is 1. The summed E-state index contributed by atoms with van der Waals surface area (Å²) >= 11 is 0. The summed E-state index contributed by atoms with van der Waals surface area (Å²) in [5.41, 5.74) is 7.81. The van der Waals surface area contributed by atoms with E-state index in [9.17, 15) is 9.59 Å². The van der Waals surface area contributed by atoms with Crippen molar-refractivity contribution >= 4 is 11.9 Å². The SMILES string of the molecule is C=CCO[C@@H]1O[C@@H](C)[C@H](OCc2ccccc2)[C@@H](OCc2ccccc2)[C@H]1O[C@@H]1O[C@@H](C)[C@H](OCc2ccccc2)[C@@H](O[C@H]2O[C@H](COCc3ccccc3)[C@@H](OCc3ccccc3)[C@H](OCc3ccccc3)[C@H]2OCc2ccccc2)[C@H]1O[C@@H]1O[C@@H]2COC(C)(C)O[C@H]2[C@H](O[C@@H]2O[C@@H](C)[C@H](OCc3ccccc3)[C@@H](OCc3ccccc3)[C@H]2OC(C)=O)[C@H]1NC(C)=O. The highest BCUT2D eigenvalue weighted by molar-refractivity contribution is 5.73. The molecule has 9 aromatic rings. The van der Waals surface area contributed by atoms with E-state index < -0.39 is 171 Å². The second-order valence-electron chi connectivity index (χ2n) is 33.4. The first kappa shape index (κ1) is 93.5. The van der Waals surface area contributed by atoms with Crippen LogP contribution in [0.1, 0.15) is 98.5 Å². The van der Waals surface area contributed by atoms with Gasteiger partial charge in [0.05, 0.1) is 97.6 Å². The van der Waals surface area contributed by atoms with Crippen LogP contribution in [0.5, 0.6) is 0 Å². The van der Waals surface area contributed by atoms with Crippen molar-refractivity contribution in [3.05, 3.63) is 336 Å². The Morgan fingerprint density at radius 3 is 1.06 bits per heavy atom. The molecule has 680 valence electrons. The molecule has 0 bridgehead atoms. The van der Waals surface area contributed by atoms with E-state index in [0.717, 1.165) is 50.1 Å². The summed E-state index contributed by atoms with van der Waals surface area (Å²) in [4.78, 5) is 28.7.